The summed E-state index contributed by atoms with van der Waals surface area (Å²) in [5, 5.41) is 0. The summed E-state index contributed by atoms with van der Waals surface area (Å²) in [6.45, 7) is 0. The van der Waals surface area contributed by atoms with Crippen molar-refractivity contribution in [3.05, 3.63) is 54.6 Å². The summed E-state index contributed by atoms with van der Waals surface area (Å²) in [7, 11) is 0. The van der Waals surface area contributed by atoms with Gasteiger partial charge in [-0.25, -0.2) is 0 Å². The van der Waals surface area contributed by atoms with E-state index >= 15 is 0 Å². The van der Waals surface area contributed by atoms with Crippen LogP contribution in [0.1, 0.15) is 0 Å². The zero-order valence-corrected chi connectivity index (χ0v) is 12.9. The first-order valence-corrected chi connectivity index (χ1v) is 10.4. The third-order valence-electron chi connectivity index (χ3n) is 2.05. The van der Waals surface area contributed by atoms with E-state index in [-0.39, 0.29) is 0 Å². The second kappa shape index (κ2) is 6.24. The topological polar surface area (TPSA) is 52.0 Å². The van der Waals surface area contributed by atoms with Crippen LogP contribution >= 0.6 is 28.7 Å². The molecule has 0 radical (unpaired) electrons. The molecular formula is C12H13N2PS3. The molecule has 2 nitrogen and oxygen atoms in total. The summed E-state index contributed by atoms with van der Waals surface area (Å²) < 4.78 is 0. The van der Waals surface area contributed by atoms with Crippen LogP contribution in [-0.4, -0.2) is 0 Å². The fourth-order valence-corrected chi connectivity index (χ4v) is 4.91. The fraction of sp³-hybridized carbons (Fsp3) is 0. The van der Waals surface area contributed by atoms with Crippen molar-refractivity contribution in [2.75, 3.05) is 0 Å². The van der Waals surface area contributed by atoms with Gasteiger partial charge in [0, 0.05) is 14.7 Å². The molecule has 4 N–H and O–H groups in total. The highest BCUT2D eigenvalue weighted by molar-refractivity contribution is 8.69. The molecule has 0 bridgehead atoms. The molecule has 0 aromatic heterocycles. The molecule has 0 fully saturated rings. The first kappa shape index (κ1) is 14.1. The first-order chi connectivity index (χ1) is 8.53. The van der Waals surface area contributed by atoms with Crippen molar-refractivity contribution in [2.24, 2.45) is 11.0 Å². The third-order valence-corrected chi connectivity index (χ3v) is 5.99. The Kier molecular flexibility index (Phi) is 4.90. The lowest BCUT2D eigenvalue weighted by Crippen LogP contribution is -1.98. The first-order valence-electron chi connectivity index (χ1n) is 5.23. The maximum absolute atomic E-state index is 5.69. The van der Waals surface area contributed by atoms with Crippen LogP contribution in [0.15, 0.2) is 69.3 Å². The summed E-state index contributed by atoms with van der Waals surface area (Å²) in [5.74, 6) is 0. The minimum Gasteiger partial charge on any atom is -0.283 e. The van der Waals surface area contributed by atoms with Crippen LogP contribution in [0.2, 0.25) is 0 Å². The van der Waals surface area contributed by atoms with E-state index < -0.39 is 5.54 Å². The maximum Gasteiger partial charge on any atom is 0.126 e. The van der Waals surface area contributed by atoms with Crippen molar-refractivity contribution < 1.29 is 0 Å². The average Bonchev–Trinajstić information content (AvgIpc) is 2.31. The van der Waals surface area contributed by atoms with Crippen molar-refractivity contribution in [2.45, 2.75) is 14.7 Å². The number of rotatable bonds is 4. The molecule has 0 saturated heterocycles. The average molecular weight is 312 g/mol. The quantitative estimate of drug-likeness (QED) is 0.833. The molecule has 0 aliphatic rings. The Morgan fingerprint density at radius 1 is 0.778 bits per heavy atom. The summed E-state index contributed by atoms with van der Waals surface area (Å²) in [6, 6.07) is 18.4. The van der Waals surface area contributed by atoms with Crippen LogP contribution in [0.4, 0.5) is 0 Å². The molecule has 2 aromatic rings. The predicted molar refractivity (Wildman–Crippen MR) is 85.5 cm³/mol. The molecule has 94 valence electrons. The lowest BCUT2D eigenvalue weighted by Gasteiger charge is -2.09. The van der Waals surface area contributed by atoms with Gasteiger partial charge in [-0.3, -0.25) is 11.0 Å². The standard InChI is InChI=1S/C12H13N2PS3/c13-15(14,16)18-12-8-6-11(7-9-12)17-10-4-2-1-3-5-10/h1-9H,(H4,13,14,16). The van der Waals surface area contributed by atoms with Gasteiger partial charge >= 0.3 is 0 Å². The molecule has 18 heavy (non-hydrogen) atoms. The lowest BCUT2D eigenvalue weighted by molar-refractivity contribution is 1.34. The molecule has 0 spiro atoms. The van der Waals surface area contributed by atoms with E-state index in [0.717, 1.165) is 4.90 Å². The zero-order chi connectivity index (χ0) is 13.0. The van der Waals surface area contributed by atoms with Crippen LogP contribution in [-0.2, 0) is 11.8 Å². The minimum absolute atomic E-state index is 1.03. The van der Waals surface area contributed by atoms with Crippen LogP contribution in [0.25, 0.3) is 0 Å². The van der Waals surface area contributed by atoms with Gasteiger partial charge in [0.25, 0.3) is 0 Å². The van der Waals surface area contributed by atoms with E-state index in [1.165, 1.54) is 21.2 Å². The SMILES string of the molecule is NP(N)(=S)Sc1ccc(Sc2ccccc2)cc1. The molecule has 0 heterocycles. The summed E-state index contributed by atoms with van der Waals surface area (Å²) in [5.41, 5.74) is 9.16. The predicted octanol–water partition coefficient (Wildman–Crippen LogP) is 4.07. The van der Waals surface area contributed by atoms with E-state index in [0.29, 0.717) is 0 Å². The number of hydrogen-bond acceptors (Lipinski definition) is 3. The van der Waals surface area contributed by atoms with Gasteiger partial charge in [0.1, 0.15) is 5.54 Å². The molecule has 6 heteroatoms. The van der Waals surface area contributed by atoms with E-state index in [1.807, 2.05) is 30.3 Å². The van der Waals surface area contributed by atoms with E-state index in [9.17, 15) is 0 Å². The Hall–Kier alpha value is -0.290. The maximum atomic E-state index is 5.69. The zero-order valence-electron chi connectivity index (χ0n) is 9.52. The van der Waals surface area contributed by atoms with Gasteiger partial charge in [0.15, 0.2) is 0 Å². The molecule has 0 atom stereocenters. The molecular weight excluding hydrogens is 299 g/mol. The fourth-order valence-electron chi connectivity index (χ4n) is 1.36. The van der Waals surface area contributed by atoms with Crippen molar-refractivity contribution in [3.63, 3.8) is 0 Å². The van der Waals surface area contributed by atoms with Crippen LogP contribution < -0.4 is 11.0 Å². The molecule has 0 aliphatic heterocycles. The Morgan fingerprint density at radius 3 is 1.83 bits per heavy atom. The lowest BCUT2D eigenvalue weighted by atomic mass is 10.4. The van der Waals surface area contributed by atoms with Gasteiger partial charge in [-0.05, 0) is 36.4 Å². The number of benzene rings is 2. The highest BCUT2D eigenvalue weighted by Crippen LogP contribution is 2.48. The third kappa shape index (κ3) is 4.76. The monoisotopic (exact) mass is 312 g/mol. The van der Waals surface area contributed by atoms with Gasteiger partial charge < -0.3 is 0 Å². The van der Waals surface area contributed by atoms with Gasteiger partial charge in [-0.1, -0.05) is 53.1 Å². The molecule has 2 aromatic carbocycles. The highest BCUT2D eigenvalue weighted by Gasteiger charge is 2.06. The molecule has 2 rings (SSSR count). The van der Waals surface area contributed by atoms with Crippen LogP contribution in [0, 0.1) is 0 Å². The normalized spacial score (nSPS) is 11.4. The number of nitrogens with two attached hydrogens (primary N) is 2. The number of hydrogen-bond donors (Lipinski definition) is 2. The minimum atomic E-state index is -2.23. The van der Waals surface area contributed by atoms with Crippen molar-refractivity contribution >= 4 is 40.5 Å². The summed E-state index contributed by atoms with van der Waals surface area (Å²) in [6.07, 6.45) is 0. The molecule has 0 aliphatic carbocycles. The van der Waals surface area contributed by atoms with E-state index in [4.69, 9.17) is 22.8 Å². The van der Waals surface area contributed by atoms with Gasteiger partial charge in [0.05, 0.1) is 0 Å². The smallest absolute Gasteiger partial charge is 0.126 e. The summed E-state index contributed by atoms with van der Waals surface area (Å²) >= 11 is 8.14. The van der Waals surface area contributed by atoms with Crippen LogP contribution in [0.5, 0.6) is 0 Å². The molecule has 0 saturated carbocycles. The Morgan fingerprint density at radius 2 is 1.28 bits per heavy atom. The van der Waals surface area contributed by atoms with Crippen molar-refractivity contribution in [3.8, 4) is 0 Å². The second-order valence-corrected chi connectivity index (χ2v) is 11.6. The molecule has 0 unspecified atom stereocenters. The Balaban J connectivity index is 2.06. The molecule has 0 amide bonds. The Bertz CT molecular complexity index is 551. The highest BCUT2D eigenvalue weighted by atomic mass is 32.9. The van der Waals surface area contributed by atoms with Gasteiger partial charge in [-0.2, -0.15) is 0 Å². The van der Waals surface area contributed by atoms with Crippen molar-refractivity contribution in [1.29, 1.82) is 0 Å². The van der Waals surface area contributed by atoms with E-state index in [1.54, 1.807) is 11.8 Å². The summed E-state index contributed by atoms with van der Waals surface area (Å²) in [4.78, 5) is 3.44. The van der Waals surface area contributed by atoms with Crippen LogP contribution in [0.3, 0.4) is 0 Å². The van der Waals surface area contributed by atoms with Gasteiger partial charge in [0.2, 0.25) is 0 Å². The van der Waals surface area contributed by atoms with Crippen molar-refractivity contribution in [1.82, 2.24) is 0 Å². The largest absolute Gasteiger partial charge is 0.283 e. The van der Waals surface area contributed by atoms with E-state index in [2.05, 4.69) is 24.3 Å². The Labute approximate surface area is 120 Å². The van der Waals surface area contributed by atoms with Gasteiger partial charge in [-0.15, -0.1) is 0 Å². The second-order valence-electron chi connectivity index (χ2n) is 3.62.